The zero-order chi connectivity index (χ0) is 18.0. The fourth-order valence-corrected chi connectivity index (χ4v) is 3.91. The van der Waals surface area contributed by atoms with E-state index < -0.39 is 5.97 Å². The number of aromatic nitrogens is 3. The number of carboxylic acid groups (broad SMARTS) is 1. The molecular formula is C16H20ClN5O2S. The molecule has 2 unspecified atom stereocenters. The lowest BCUT2D eigenvalue weighted by Crippen LogP contribution is -2.30. The zero-order valence-electron chi connectivity index (χ0n) is 13.9. The normalized spacial score (nSPS) is 23.1. The number of hydrogen-bond donors (Lipinski definition) is 3. The molecule has 2 heterocycles. The second-order valence-electron chi connectivity index (χ2n) is 6.10. The first-order valence-electron chi connectivity index (χ1n) is 8.02. The summed E-state index contributed by atoms with van der Waals surface area (Å²) in [6, 6.07) is 8.02. The molecule has 1 aromatic carbocycles. The third kappa shape index (κ3) is 3.98. The van der Waals surface area contributed by atoms with Crippen molar-refractivity contribution >= 4 is 29.3 Å². The first-order valence-corrected chi connectivity index (χ1v) is 9.38. The molecule has 2 atom stereocenters. The summed E-state index contributed by atoms with van der Waals surface area (Å²) in [6.45, 7) is 4.24. The fourth-order valence-electron chi connectivity index (χ4n) is 3.00. The number of rotatable bonds is 6. The number of para-hydroxylation sites is 1. The van der Waals surface area contributed by atoms with E-state index in [1.54, 1.807) is 6.07 Å². The molecule has 2 aromatic rings. The Labute approximate surface area is 155 Å². The van der Waals surface area contributed by atoms with Gasteiger partial charge in [-0.1, -0.05) is 35.5 Å². The van der Waals surface area contributed by atoms with Crippen LogP contribution >= 0.6 is 23.4 Å². The first kappa shape index (κ1) is 18.2. The molecule has 1 aliphatic rings. The van der Waals surface area contributed by atoms with E-state index in [1.165, 1.54) is 0 Å². The monoisotopic (exact) mass is 381 g/mol. The first-order chi connectivity index (χ1) is 12.0. The Bertz CT molecular complexity index is 759. The lowest BCUT2D eigenvalue weighted by molar-refractivity contribution is -0.133. The molecule has 1 saturated heterocycles. The van der Waals surface area contributed by atoms with Crippen molar-refractivity contribution in [2.45, 2.75) is 37.5 Å². The number of aliphatic carboxylic acids is 1. The van der Waals surface area contributed by atoms with Crippen molar-refractivity contribution in [3.05, 3.63) is 35.1 Å². The maximum absolute atomic E-state index is 10.9. The lowest BCUT2D eigenvalue weighted by atomic mass is 9.93. The highest BCUT2D eigenvalue weighted by Gasteiger charge is 2.32. The molecule has 0 bridgehead atoms. The van der Waals surface area contributed by atoms with Crippen LogP contribution < -0.4 is 10.9 Å². The Hall–Kier alpha value is -1.61. The van der Waals surface area contributed by atoms with Crippen LogP contribution in [0, 0.1) is 5.92 Å². The van der Waals surface area contributed by atoms with Gasteiger partial charge in [-0.05, 0) is 31.9 Å². The van der Waals surface area contributed by atoms with Crippen molar-refractivity contribution in [1.29, 1.82) is 0 Å². The minimum atomic E-state index is -0.897. The smallest absolute Gasteiger partial charge is 0.313 e. The molecule has 25 heavy (non-hydrogen) atoms. The Balaban J connectivity index is 1.97. The van der Waals surface area contributed by atoms with Crippen molar-refractivity contribution in [3.63, 3.8) is 0 Å². The molecule has 1 aliphatic heterocycles. The van der Waals surface area contributed by atoms with Crippen LogP contribution in [-0.2, 0) is 11.2 Å². The van der Waals surface area contributed by atoms with Gasteiger partial charge < -0.3 is 5.11 Å². The molecule has 7 nitrogen and oxygen atoms in total. The third-order valence-corrected chi connectivity index (χ3v) is 5.59. The van der Waals surface area contributed by atoms with Crippen molar-refractivity contribution in [2.24, 2.45) is 5.92 Å². The standard InChI is InChI=1S/C16H20ClN5O2S/c1-9-11(10(2)19-18-9)7-14-20-21-16(25-8-15(23)24)22(14)13-6-4-3-5-12(13)17/h3-6,9-11,18-19H,7-8H2,1-2H3,(H,23,24). The van der Waals surface area contributed by atoms with Gasteiger partial charge in [-0.15, -0.1) is 10.2 Å². The van der Waals surface area contributed by atoms with Gasteiger partial charge in [-0.2, -0.15) is 0 Å². The Morgan fingerprint density at radius 1 is 1.28 bits per heavy atom. The van der Waals surface area contributed by atoms with Gasteiger partial charge in [-0.3, -0.25) is 20.2 Å². The van der Waals surface area contributed by atoms with Gasteiger partial charge in [0.05, 0.1) is 16.5 Å². The van der Waals surface area contributed by atoms with E-state index in [-0.39, 0.29) is 5.75 Å². The van der Waals surface area contributed by atoms with Crippen LogP contribution in [0.1, 0.15) is 19.7 Å². The summed E-state index contributed by atoms with van der Waals surface area (Å²) in [4.78, 5) is 10.9. The molecule has 0 amide bonds. The number of benzene rings is 1. The van der Waals surface area contributed by atoms with Gasteiger partial charge in [-0.25, -0.2) is 0 Å². The van der Waals surface area contributed by atoms with E-state index in [1.807, 2.05) is 22.8 Å². The highest BCUT2D eigenvalue weighted by Crippen LogP contribution is 2.29. The number of hydrogen-bond acceptors (Lipinski definition) is 6. The van der Waals surface area contributed by atoms with Crippen LogP contribution in [0.3, 0.4) is 0 Å². The summed E-state index contributed by atoms with van der Waals surface area (Å²) < 4.78 is 1.87. The summed E-state index contributed by atoms with van der Waals surface area (Å²) in [5.41, 5.74) is 7.24. The number of carbonyl (C=O) groups is 1. The van der Waals surface area contributed by atoms with Gasteiger partial charge in [0.25, 0.3) is 0 Å². The van der Waals surface area contributed by atoms with Crippen molar-refractivity contribution < 1.29 is 9.90 Å². The fraction of sp³-hybridized carbons (Fsp3) is 0.438. The molecule has 1 fully saturated rings. The van der Waals surface area contributed by atoms with E-state index in [9.17, 15) is 4.79 Å². The summed E-state index contributed by atoms with van der Waals surface area (Å²) in [7, 11) is 0. The van der Waals surface area contributed by atoms with Crippen molar-refractivity contribution in [2.75, 3.05) is 5.75 Å². The van der Waals surface area contributed by atoms with Crippen LogP contribution in [0.25, 0.3) is 5.69 Å². The van der Waals surface area contributed by atoms with Crippen LogP contribution in [0.15, 0.2) is 29.4 Å². The largest absolute Gasteiger partial charge is 0.481 e. The highest BCUT2D eigenvalue weighted by molar-refractivity contribution is 7.99. The maximum atomic E-state index is 10.9. The van der Waals surface area contributed by atoms with Crippen LogP contribution in [-0.4, -0.2) is 43.7 Å². The molecule has 134 valence electrons. The number of nitrogens with one attached hydrogen (secondary N) is 2. The predicted octanol–water partition coefficient (Wildman–Crippen LogP) is 2.14. The van der Waals surface area contributed by atoms with Gasteiger partial charge in [0.15, 0.2) is 5.16 Å². The molecule has 3 rings (SSSR count). The van der Waals surface area contributed by atoms with Gasteiger partial charge in [0, 0.05) is 18.5 Å². The Morgan fingerprint density at radius 2 is 1.96 bits per heavy atom. The molecule has 3 N–H and O–H groups in total. The van der Waals surface area contributed by atoms with E-state index in [0.717, 1.165) is 23.3 Å². The average molecular weight is 382 g/mol. The van der Waals surface area contributed by atoms with E-state index >= 15 is 0 Å². The molecular weight excluding hydrogens is 362 g/mol. The van der Waals surface area contributed by atoms with Crippen LogP contribution in [0.5, 0.6) is 0 Å². The van der Waals surface area contributed by atoms with E-state index in [0.29, 0.717) is 34.6 Å². The minimum Gasteiger partial charge on any atom is -0.481 e. The van der Waals surface area contributed by atoms with E-state index in [4.69, 9.17) is 16.7 Å². The number of nitrogens with zero attached hydrogens (tertiary/aromatic N) is 3. The highest BCUT2D eigenvalue weighted by atomic mass is 35.5. The second kappa shape index (κ2) is 7.74. The maximum Gasteiger partial charge on any atom is 0.313 e. The third-order valence-electron chi connectivity index (χ3n) is 4.36. The predicted molar refractivity (Wildman–Crippen MR) is 97.1 cm³/mol. The Kier molecular flexibility index (Phi) is 5.63. The number of carboxylic acids is 1. The average Bonchev–Trinajstić information content (AvgIpc) is 3.12. The molecule has 0 spiro atoms. The summed E-state index contributed by atoms with van der Waals surface area (Å²) in [6.07, 6.45) is 0.703. The summed E-state index contributed by atoms with van der Waals surface area (Å²) in [5, 5.41) is 18.6. The van der Waals surface area contributed by atoms with Gasteiger partial charge in [0.1, 0.15) is 5.82 Å². The van der Waals surface area contributed by atoms with Crippen LogP contribution in [0.4, 0.5) is 0 Å². The molecule has 9 heteroatoms. The number of hydrazine groups is 1. The molecule has 0 saturated carbocycles. The van der Waals surface area contributed by atoms with E-state index in [2.05, 4.69) is 34.9 Å². The van der Waals surface area contributed by atoms with Gasteiger partial charge >= 0.3 is 5.97 Å². The second-order valence-corrected chi connectivity index (χ2v) is 7.45. The summed E-state index contributed by atoms with van der Waals surface area (Å²) in [5.74, 6) is 0.131. The van der Waals surface area contributed by atoms with Crippen molar-refractivity contribution in [1.82, 2.24) is 25.6 Å². The zero-order valence-corrected chi connectivity index (χ0v) is 15.5. The van der Waals surface area contributed by atoms with Crippen LogP contribution in [0.2, 0.25) is 5.02 Å². The van der Waals surface area contributed by atoms with Crippen molar-refractivity contribution in [3.8, 4) is 5.69 Å². The summed E-state index contributed by atoms with van der Waals surface area (Å²) >= 11 is 7.51. The molecule has 0 aliphatic carbocycles. The van der Waals surface area contributed by atoms with Gasteiger partial charge in [0.2, 0.25) is 0 Å². The minimum absolute atomic E-state index is 0.0814. The topological polar surface area (TPSA) is 92.1 Å². The quantitative estimate of drug-likeness (QED) is 0.660. The SMILES string of the molecule is CC1NNC(C)C1Cc1nnc(SCC(=O)O)n1-c1ccccc1Cl. The Morgan fingerprint density at radius 3 is 2.60 bits per heavy atom. The lowest BCUT2D eigenvalue weighted by Gasteiger charge is -2.18. The number of halogens is 1. The molecule has 0 radical (unpaired) electrons. The molecule has 1 aromatic heterocycles. The number of thioether (sulfide) groups is 1.